The van der Waals surface area contributed by atoms with Gasteiger partial charge in [-0.05, 0) is 12.8 Å². The lowest BCUT2D eigenvalue weighted by molar-refractivity contribution is 0.182. The van der Waals surface area contributed by atoms with Crippen LogP contribution in [-0.4, -0.2) is 36.3 Å². The van der Waals surface area contributed by atoms with Crippen LogP contribution in [-0.2, 0) is 4.74 Å². The van der Waals surface area contributed by atoms with Crippen molar-refractivity contribution in [3.05, 3.63) is 12.4 Å². The largest absolute Gasteiger partial charge is 0.383 e. The Morgan fingerprint density at radius 2 is 2.00 bits per heavy atom. The van der Waals surface area contributed by atoms with Gasteiger partial charge in [0.2, 0.25) is 0 Å². The van der Waals surface area contributed by atoms with Crippen LogP contribution >= 0.6 is 0 Å². The molecule has 1 aromatic rings. The molecule has 0 aliphatic rings. The molecular formula is C13H24N4O. The molecule has 0 saturated carbocycles. The van der Waals surface area contributed by atoms with Gasteiger partial charge in [-0.3, -0.25) is 0 Å². The maximum Gasteiger partial charge on any atom is 0.131 e. The predicted octanol–water partition coefficient (Wildman–Crippen LogP) is 2.53. The number of hydrogen-bond acceptors (Lipinski definition) is 5. The number of rotatable bonds is 9. The molecule has 1 aromatic heterocycles. The first kappa shape index (κ1) is 14.7. The van der Waals surface area contributed by atoms with Crippen molar-refractivity contribution in [2.24, 2.45) is 0 Å². The highest BCUT2D eigenvalue weighted by Gasteiger charge is 2.08. The first-order valence-corrected chi connectivity index (χ1v) is 6.61. The number of anilines is 2. The number of nitrogens with one attached hydrogen (secondary N) is 2. The van der Waals surface area contributed by atoms with E-state index in [-0.39, 0.29) is 0 Å². The van der Waals surface area contributed by atoms with Crippen LogP contribution < -0.4 is 10.6 Å². The van der Waals surface area contributed by atoms with E-state index in [0.29, 0.717) is 12.6 Å². The molecule has 0 spiro atoms. The van der Waals surface area contributed by atoms with E-state index >= 15 is 0 Å². The summed E-state index contributed by atoms with van der Waals surface area (Å²) in [6, 6.07) is 2.24. The third-order valence-corrected chi connectivity index (χ3v) is 2.58. The van der Waals surface area contributed by atoms with Crippen molar-refractivity contribution in [2.75, 3.05) is 30.9 Å². The highest BCUT2D eigenvalue weighted by molar-refractivity contribution is 5.46. The molecule has 0 saturated heterocycles. The second kappa shape index (κ2) is 8.69. The molecule has 0 radical (unpaired) electrons. The summed E-state index contributed by atoms with van der Waals surface area (Å²) in [6.45, 7) is 5.91. The van der Waals surface area contributed by atoms with E-state index in [4.69, 9.17) is 4.74 Å². The molecule has 1 atom stereocenters. The summed E-state index contributed by atoms with van der Waals surface area (Å²) in [5.41, 5.74) is 0. The molecule has 1 heterocycles. The summed E-state index contributed by atoms with van der Waals surface area (Å²) in [6.07, 6.45) is 4.84. The van der Waals surface area contributed by atoms with Gasteiger partial charge in [0.05, 0.1) is 12.6 Å². The molecule has 1 unspecified atom stereocenters. The summed E-state index contributed by atoms with van der Waals surface area (Å²) < 4.78 is 5.20. The van der Waals surface area contributed by atoms with Crippen LogP contribution in [0.1, 0.15) is 33.1 Å². The molecule has 0 amide bonds. The Bertz CT molecular complexity index is 327. The molecule has 0 aliphatic heterocycles. The van der Waals surface area contributed by atoms with Crippen LogP contribution in [0, 0.1) is 0 Å². The van der Waals surface area contributed by atoms with Crippen LogP contribution in [0.4, 0.5) is 11.6 Å². The fourth-order valence-corrected chi connectivity index (χ4v) is 1.74. The van der Waals surface area contributed by atoms with Gasteiger partial charge in [-0.2, -0.15) is 0 Å². The third-order valence-electron chi connectivity index (χ3n) is 2.58. The molecule has 2 N–H and O–H groups in total. The van der Waals surface area contributed by atoms with Crippen LogP contribution in [0.5, 0.6) is 0 Å². The van der Waals surface area contributed by atoms with Crippen LogP contribution in [0.25, 0.3) is 0 Å². The van der Waals surface area contributed by atoms with Crippen LogP contribution in [0.2, 0.25) is 0 Å². The fraction of sp³-hybridized carbons (Fsp3) is 0.692. The normalized spacial score (nSPS) is 12.2. The number of hydrogen-bond donors (Lipinski definition) is 2. The lowest BCUT2D eigenvalue weighted by atomic mass is 10.2. The van der Waals surface area contributed by atoms with E-state index in [1.165, 1.54) is 0 Å². The van der Waals surface area contributed by atoms with Crippen molar-refractivity contribution in [3.63, 3.8) is 0 Å². The Hall–Kier alpha value is -1.36. The van der Waals surface area contributed by atoms with Crippen molar-refractivity contribution in [2.45, 2.75) is 39.2 Å². The third kappa shape index (κ3) is 5.31. The summed E-state index contributed by atoms with van der Waals surface area (Å²) in [5.74, 6) is 1.71. The quantitative estimate of drug-likeness (QED) is 0.707. The maximum absolute atomic E-state index is 5.20. The standard InChI is InChI=1S/C13H24N4O/c1-4-6-11(9-18-3)17-13-8-12(14-7-5-2)15-10-16-13/h8,10-11H,4-7,9H2,1-3H3,(H2,14,15,16,17). The predicted molar refractivity (Wildman–Crippen MR) is 75.0 cm³/mol. The number of aromatic nitrogens is 2. The minimum atomic E-state index is 0.300. The highest BCUT2D eigenvalue weighted by atomic mass is 16.5. The van der Waals surface area contributed by atoms with Gasteiger partial charge in [0.15, 0.2) is 0 Å². The average Bonchev–Trinajstić information content (AvgIpc) is 2.37. The van der Waals surface area contributed by atoms with Crippen molar-refractivity contribution < 1.29 is 4.74 Å². The van der Waals surface area contributed by atoms with Gasteiger partial charge in [-0.1, -0.05) is 20.3 Å². The van der Waals surface area contributed by atoms with E-state index in [1.807, 2.05) is 6.07 Å². The van der Waals surface area contributed by atoms with E-state index in [9.17, 15) is 0 Å². The first-order chi connectivity index (χ1) is 8.80. The molecule has 0 aromatic carbocycles. The van der Waals surface area contributed by atoms with Crippen LogP contribution in [0.15, 0.2) is 12.4 Å². The summed E-state index contributed by atoms with van der Waals surface area (Å²) in [4.78, 5) is 8.42. The summed E-state index contributed by atoms with van der Waals surface area (Å²) in [7, 11) is 1.72. The summed E-state index contributed by atoms with van der Waals surface area (Å²) in [5, 5.41) is 6.63. The minimum Gasteiger partial charge on any atom is -0.383 e. The molecule has 5 nitrogen and oxygen atoms in total. The van der Waals surface area contributed by atoms with Gasteiger partial charge in [-0.15, -0.1) is 0 Å². The Kier molecular flexibility index (Phi) is 7.10. The Morgan fingerprint density at radius 3 is 2.67 bits per heavy atom. The Balaban J connectivity index is 2.58. The van der Waals surface area contributed by atoms with E-state index in [0.717, 1.165) is 37.4 Å². The molecule has 18 heavy (non-hydrogen) atoms. The SMILES string of the molecule is CCCNc1cc(NC(CCC)COC)ncn1. The second-order valence-electron chi connectivity index (χ2n) is 4.30. The van der Waals surface area contributed by atoms with E-state index < -0.39 is 0 Å². The van der Waals surface area contributed by atoms with Gasteiger partial charge >= 0.3 is 0 Å². The van der Waals surface area contributed by atoms with E-state index in [2.05, 4.69) is 34.4 Å². The highest BCUT2D eigenvalue weighted by Crippen LogP contribution is 2.11. The topological polar surface area (TPSA) is 59.1 Å². The monoisotopic (exact) mass is 252 g/mol. The molecule has 0 fully saturated rings. The van der Waals surface area contributed by atoms with Crippen molar-refractivity contribution in [3.8, 4) is 0 Å². The molecule has 5 heteroatoms. The zero-order valence-corrected chi connectivity index (χ0v) is 11.6. The van der Waals surface area contributed by atoms with Gasteiger partial charge < -0.3 is 15.4 Å². The van der Waals surface area contributed by atoms with Crippen molar-refractivity contribution in [1.82, 2.24) is 9.97 Å². The minimum absolute atomic E-state index is 0.300. The van der Waals surface area contributed by atoms with Gasteiger partial charge in [0.25, 0.3) is 0 Å². The lowest BCUT2D eigenvalue weighted by Crippen LogP contribution is -2.25. The Morgan fingerprint density at radius 1 is 1.22 bits per heavy atom. The molecule has 0 bridgehead atoms. The zero-order chi connectivity index (χ0) is 13.2. The van der Waals surface area contributed by atoms with Crippen molar-refractivity contribution in [1.29, 1.82) is 0 Å². The Labute approximate surface area is 109 Å². The summed E-state index contributed by atoms with van der Waals surface area (Å²) >= 11 is 0. The second-order valence-corrected chi connectivity index (χ2v) is 4.30. The molecular weight excluding hydrogens is 228 g/mol. The van der Waals surface area contributed by atoms with Crippen LogP contribution in [0.3, 0.4) is 0 Å². The number of methoxy groups -OCH3 is 1. The smallest absolute Gasteiger partial charge is 0.131 e. The zero-order valence-electron chi connectivity index (χ0n) is 11.6. The van der Waals surface area contributed by atoms with Crippen molar-refractivity contribution >= 4 is 11.6 Å². The molecule has 102 valence electrons. The average molecular weight is 252 g/mol. The lowest BCUT2D eigenvalue weighted by Gasteiger charge is -2.18. The van der Waals surface area contributed by atoms with E-state index in [1.54, 1.807) is 13.4 Å². The molecule has 0 aliphatic carbocycles. The number of nitrogens with zero attached hydrogens (tertiary/aromatic N) is 2. The first-order valence-electron chi connectivity index (χ1n) is 6.61. The van der Waals surface area contributed by atoms with Gasteiger partial charge in [0.1, 0.15) is 18.0 Å². The number of ether oxygens (including phenoxy) is 1. The molecule has 1 rings (SSSR count). The maximum atomic E-state index is 5.20. The van der Waals surface area contributed by atoms with Gasteiger partial charge in [0, 0.05) is 19.7 Å². The fourth-order valence-electron chi connectivity index (χ4n) is 1.74. The van der Waals surface area contributed by atoms with Gasteiger partial charge in [-0.25, -0.2) is 9.97 Å².